The Hall–Kier alpha value is -2.44. The summed E-state index contributed by atoms with van der Waals surface area (Å²) in [5.41, 5.74) is 6.47. The standard InChI is InChI=1S/C24H34N4O2/c1-17-7-5-8-18(2)23(17)25-21(29)15-27-11-13-28(14-12-27)16-22(30)26-24-19(3)9-6-10-20(24)4/h5,7-9H,6,10-16H2,1-4H3,(H,25,29)(H,26,30). The third kappa shape index (κ3) is 5.80. The maximum absolute atomic E-state index is 12.5. The van der Waals surface area contributed by atoms with Crippen LogP contribution in [-0.4, -0.2) is 60.9 Å². The van der Waals surface area contributed by atoms with E-state index in [1.54, 1.807) is 0 Å². The summed E-state index contributed by atoms with van der Waals surface area (Å²) in [6.45, 7) is 12.1. The van der Waals surface area contributed by atoms with Gasteiger partial charge in [0.1, 0.15) is 0 Å². The van der Waals surface area contributed by atoms with Gasteiger partial charge in [0, 0.05) is 37.6 Å². The smallest absolute Gasteiger partial charge is 0.238 e. The van der Waals surface area contributed by atoms with Crippen molar-refractivity contribution in [3.8, 4) is 0 Å². The van der Waals surface area contributed by atoms with Gasteiger partial charge in [-0.1, -0.05) is 24.3 Å². The van der Waals surface area contributed by atoms with Gasteiger partial charge >= 0.3 is 0 Å². The molecule has 0 saturated carbocycles. The second kappa shape index (κ2) is 10.0. The minimum atomic E-state index is 0.0144. The Morgan fingerprint density at radius 3 is 1.93 bits per heavy atom. The summed E-state index contributed by atoms with van der Waals surface area (Å²) in [5, 5.41) is 6.15. The molecule has 1 saturated heterocycles. The van der Waals surface area contributed by atoms with Crippen LogP contribution < -0.4 is 10.6 Å². The molecule has 1 aliphatic carbocycles. The Balaban J connectivity index is 1.43. The van der Waals surface area contributed by atoms with E-state index in [2.05, 4.69) is 40.4 Å². The molecule has 2 N–H and O–H groups in total. The number of benzene rings is 1. The van der Waals surface area contributed by atoms with Gasteiger partial charge in [0.15, 0.2) is 0 Å². The average Bonchev–Trinajstić information content (AvgIpc) is 2.69. The monoisotopic (exact) mass is 410 g/mol. The zero-order chi connectivity index (χ0) is 21.7. The Labute approximate surface area is 180 Å². The number of anilines is 1. The maximum atomic E-state index is 12.5. The first-order valence-electron chi connectivity index (χ1n) is 10.8. The van der Waals surface area contributed by atoms with E-state index < -0.39 is 0 Å². The number of hydrogen-bond acceptors (Lipinski definition) is 4. The molecule has 30 heavy (non-hydrogen) atoms. The summed E-state index contributed by atoms with van der Waals surface area (Å²) in [4.78, 5) is 29.3. The number of amides is 2. The average molecular weight is 411 g/mol. The molecule has 0 atom stereocenters. The fourth-order valence-corrected chi connectivity index (χ4v) is 4.16. The van der Waals surface area contributed by atoms with E-state index in [9.17, 15) is 9.59 Å². The molecule has 0 bridgehead atoms. The zero-order valence-corrected chi connectivity index (χ0v) is 18.7. The third-order valence-electron chi connectivity index (χ3n) is 6.00. The van der Waals surface area contributed by atoms with Crippen LogP contribution in [0.5, 0.6) is 0 Å². The summed E-state index contributed by atoms with van der Waals surface area (Å²) in [6, 6.07) is 6.02. The highest BCUT2D eigenvalue weighted by molar-refractivity contribution is 5.93. The normalized spacial score (nSPS) is 18.2. The van der Waals surface area contributed by atoms with E-state index in [1.807, 2.05) is 32.0 Å². The van der Waals surface area contributed by atoms with Crippen molar-refractivity contribution in [3.63, 3.8) is 0 Å². The van der Waals surface area contributed by atoms with Crippen molar-refractivity contribution < 1.29 is 9.59 Å². The van der Waals surface area contributed by atoms with Gasteiger partial charge in [0.25, 0.3) is 0 Å². The second-order valence-electron chi connectivity index (χ2n) is 8.50. The molecule has 162 valence electrons. The quantitative estimate of drug-likeness (QED) is 0.757. The van der Waals surface area contributed by atoms with Gasteiger partial charge in [-0.15, -0.1) is 0 Å². The summed E-state index contributed by atoms with van der Waals surface area (Å²) in [6.07, 6.45) is 4.25. The first-order chi connectivity index (χ1) is 14.3. The molecule has 0 radical (unpaired) electrons. The van der Waals surface area contributed by atoms with Crippen molar-refractivity contribution in [1.29, 1.82) is 0 Å². The topological polar surface area (TPSA) is 64.7 Å². The van der Waals surface area contributed by atoms with Crippen LogP contribution in [0.15, 0.2) is 41.1 Å². The number of allylic oxidation sites excluding steroid dienone is 3. The van der Waals surface area contributed by atoms with Gasteiger partial charge in [-0.2, -0.15) is 0 Å². The summed E-state index contributed by atoms with van der Waals surface area (Å²) in [7, 11) is 0. The molecule has 1 heterocycles. The lowest BCUT2D eigenvalue weighted by Crippen LogP contribution is -2.51. The fraction of sp³-hybridized carbons (Fsp3) is 0.500. The Morgan fingerprint density at radius 1 is 0.867 bits per heavy atom. The Kier molecular flexibility index (Phi) is 7.45. The van der Waals surface area contributed by atoms with Crippen LogP contribution in [0, 0.1) is 13.8 Å². The van der Waals surface area contributed by atoms with E-state index in [4.69, 9.17) is 0 Å². The Bertz CT molecular complexity index is 844. The maximum Gasteiger partial charge on any atom is 0.238 e. The molecule has 0 unspecified atom stereocenters. The van der Waals surface area contributed by atoms with Crippen molar-refractivity contribution in [3.05, 3.63) is 52.2 Å². The molecule has 1 aliphatic heterocycles. The first-order valence-corrected chi connectivity index (χ1v) is 10.8. The molecule has 0 spiro atoms. The minimum absolute atomic E-state index is 0.0144. The van der Waals surface area contributed by atoms with Crippen LogP contribution in [-0.2, 0) is 9.59 Å². The largest absolute Gasteiger partial charge is 0.325 e. The van der Waals surface area contributed by atoms with Crippen LogP contribution in [0.4, 0.5) is 5.69 Å². The third-order valence-corrected chi connectivity index (χ3v) is 6.00. The molecule has 1 aromatic rings. The van der Waals surface area contributed by atoms with Crippen LogP contribution >= 0.6 is 0 Å². The number of carbonyl (C=O) groups excluding carboxylic acids is 2. The molecular weight excluding hydrogens is 376 g/mol. The number of rotatable bonds is 6. The first kappa shape index (κ1) is 22.2. The number of para-hydroxylation sites is 1. The lowest BCUT2D eigenvalue weighted by atomic mass is 9.98. The summed E-state index contributed by atoms with van der Waals surface area (Å²) < 4.78 is 0. The van der Waals surface area contributed by atoms with Crippen molar-refractivity contribution >= 4 is 17.5 Å². The number of carbonyl (C=O) groups is 2. The minimum Gasteiger partial charge on any atom is -0.325 e. The molecule has 1 fully saturated rings. The van der Waals surface area contributed by atoms with Crippen molar-refractivity contribution in [2.75, 3.05) is 44.6 Å². The fourth-order valence-electron chi connectivity index (χ4n) is 4.16. The van der Waals surface area contributed by atoms with Gasteiger partial charge in [-0.25, -0.2) is 0 Å². The summed E-state index contributed by atoms with van der Waals surface area (Å²) >= 11 is 0. The zero-order valence-electron chi connectivity index (χ0n) is 18.7. The van der Waals surface area contributed by atoms with Crippen LogP contribution in [0.1, 0.15) is 37.8 Å². The lowest BCUT2D eigenvalue weighted by Gasteiger charge is -2.34. The van der Waals surface area contributed by atoms with E-state index in [0.29, 0.717) is 13.1 Å². The number of aryl methyl sites for hydroxylation is 2. The second-order valence-corrected chi connectivity index (χ2v) is 8.50. The summed E-state index contributed by atoms with van der Waals surface area (Å²) in [5.74, 6) is 0.0563. The van der Waals surface area contributed by atoms with E-state index in [1.165, 1.54) is 5.57 Å². The van der Waals surface area contributed by atoms with Gasteiger partial charge in [0.2, 0.25) is 11.8 Å². The van der Waals surface area contributed by atoms with Gasteiger partial charge < -0.3 is 10.6 Å². The van der Waals surface area contributed by atoms with Crippen LogP contribution in [0.25, 0.3) is 0 Å². The molecule has 2 amide bonds. The SMILES string of the molecule is CC1=CCCC(C)=C1NC(=O)CN1CCN(CC(=O)Nc2c(C)cccc2C)CC1. The predicted octanol–water partition coefficient (Wildman–Crippen LogP) is 2.99. The number of piperazine rings is 1. The molecule has 2 aliphatic rings. The number of hydrogen-bond donors (Lipinski definition) is 2. The number of nitrogens with one attached hydrogen (secondary N) is 2. The number of nitrogens with zero attached hydrogens (tertiary/aromatic N) is 2. The van der Waals surface area contributed by atoms with Crippen LogP contribution in [0.3, 0.4) is 0 Å². The molecular formula is C24H34N4O2. The lowest BCUT2D eigenvalue weighted by molar-refractivity contribution is -0.122. The van der Waals surface area contributed by atoms with Gasteiger partial charge in [-0.05, 0) is 62.8 Å². The van der Waals surface area contributed by atoms with Crippen molar-refractivity contribution in [1.82, 2.24) is 15.1 Å². The molecule has 6 nitrogen and oxygen atoms in total. The predicted molar refractivity (Wildman–Crippen MR) is 121 cm³/mol. The van der Waals surface area contributed by atoms with Crippen molar-refractivity contribution in [2.45, 2.75) is 40.5 Å². The Morgan fingerprint density at radius 2 is 1.40 bits per heavy atom. The van der Waals surface area contributed by atoms with E-state index in [0.717, 1.165) is 67.1 Å². The molecule has 3 rings (SSSR count). The highest BCUT2D eigenvalue weighted by atomic mass is 16.2. The van der Waals surface area contributed by atoms with Gasteiger partial charge in [-0.3, -0.25) is 19.4 Å². The van der Waals surface area contributed by atoms with E-state index >= 15 is 0 Å². The van der Waals surface area contributed by atoms with Crippen molar-refractivity contribution in [2.24, 2.45) is 0 Å². The van der Waals surface area contributed by atoms with Gasteiger partial charge in [0.05, 0.1) is 13.1 Å². The molecule has 6 heteroatoms. The van der Waals surface area contributed by atoms with E-state index in [-0.39, 0.29) is 11.8 Å². The molecule has 0 aromatic heterocycles. The molecule has 1 aromatic carbocycles. The van der Waals surface area contributed by atoms with Crippen LogP contribution in [0.2, 0.25) is 0 Å². The highest BCUT2D eigenvalue weighted by Gasteiger charge is 2.22. The highest BCUT2D eigenvalue weighted by Crippen LogP contribution is 2.22.